The first-order valence-corrected chi connectivity index (χ1v) is 14.0. The summed E-state index contributed by atoms with van der Waals surface area (Å²) in [7, 11) is -9.12. The number of benzene rings is 5. The molecule has 0 aliphatic heterocycles. The third-order valence-electron chi connectivity index (χ3n) is 5.74. The monoisotopic (exact) mass is 562 g/mol. The van der Waals surface area contributed by atoms with E-state index in [-0.39, 0.29) is 22.8 Å². The van der Waals surface area contributed by atoms with Gasteiger partial charge in [-0.1, -0.05) is 42.5 Å². The van der Waals surface area contributed by atoms with Crippen LogP contribution in [-0.2, 0) is 20.2 Å². The third kappa shape index (κ3) is 5.51. The Hall–Kier alpha value is -4.56. The average molecular weight is 563 g/mol. The van der Waals surface area contributed by atoms with Crippen molar-refractivity contribution in [2.45, 2.75) is 9.79 Å². The molecule has 0 saturated heterocycles. The maximum absolute atomic E-state index is 12.0. The summed E-state index contributed by atoms with van der Waals surface area (Å²) < 4.78 is 66.0. The second kappa shape index (κ2) is 9.96. The number of hydrogen-bond donors (Lipinski definition) is 3. The van der Waals surface area contributed by atoms with Gasteiger partial charge in [-0.15, -0.1) is 15.3 Å². The van der Waals surface area contributed by atoms with Gasteiger partial charge in [0.05, 0.1) is 10.6 Å². The van der Waals surface area contributed by atoms with Gasteiger partial charge in [0, 0.05) is 16.8 Å². The smallest absolute Gasteiger partial charge is 0.296 e. The summed E-state index contributed by atoms with van der Waals surface area (Å²) in [5.74, 6) is -0.327. The van der Waals surface area contributed by atoms with E-state index >= 15 is 0 Å². The van der Waals surface area contributed by atoms with Crippen LogP contribution in [-0.4, -0.2) is 31.0 Å². The van der Waals surface area contributed by atoms with Crippen molar-refractivity contribution in [1.82, 2.24) is 0 Å². The summed E-state index contributed by atoms with van der Waals surface area (Å²) in [5.41, 5.74) is 0.808. The zero-order chi connectivity index (χ0) is 27.8. The Kier molecular flexibility index (Phi) is 6.66. The second-order valence-corrected chi connectivity index (χ2v) is 11.1. The van der Waals surface area contributed by atoms with E-state index in [0.29, 0.717) is 27.2 Å². The average Bonchev–Trinajstić information content (AvgIpc) is 2.89. The number of aromatic hydroxyl groups is 1. The van der Waals surface area contributed by atoms with Gasteiger partial charge in [-0.05, 0) is 53.2 Å². The highest BCUT2D eigenvalue weighted by molar-refractivity contribution is 7.86. The molecule has 5 aromatic rings. The molecule has 0 bridgehead atoms. The van der Waals surface area contributed by atoms with E-state index in [9.17, 15) is 31.0 Å². The number of hydrogen-bond acceptors (Lipinski definition) is 9. The van der Waals surface area contributed by atoms with Crippen molar-refractivity contribution in [2.75, 3.05) is 0 Å². The van der Waals surface area contributed by atoms with E-state index in [1.54, 1.807) is 60.7 Å². The zero-order valence-electron chi connectivity index (χ0n) is 19.7. The fourth-order valence-electron chi connectivity index (χ4n) is 3.92. The SMILES string of the molecule is O=S(=O)(O)c1cc(O)c2ccc(N=Nc3ccccc3N=Nc3c(S(=O)(=O)O)ccc4ccccc34)cc2c1. The highest BCUT2D eigenvalue weighted by Gasteiger charge is 2.18. The Bertz CT molecular complexity index is 2040. The molecule has 5 rings (SSSR count). The van der Waals surface area contributed by atoms with Crippen LogP contribution < -0.4 is 0 Å². The molecule has 13 heteroatoms. The zero-order valence-corrected chi connectivity index (χ0v) is 21.4. The molecule has 0 unspecified atom stereocenters. The Balaban J connectivity index is 1.54. The van der Waals surface area contributed by atoms with Crippen LogP contribution in [0, 0.1) is 0 Å². The summed E-state index contributed by atoms with van der Waals surface area (Å²) in [6.45, 7) is 0. The molecule has 0 radical (unpaired) electrons. The quantitative estimate of drug-likeness (QED) is 0.147. The van der Waals surface area contributed by atoms with Crippen molar-refractivity contribution in [2.24, 2.45) is 20.5 Å². The lowest BCUT2D eigenvalue weighted by Gasteiger charge is -2.06. The molecule has 3 N–H and O–H groups in total. The summed E-state index contributed by atoms with van der Waals surface area (Å²) in [6, 6.07) is 23.0. The summed E-state index contributed by atoms with van der Waals surface area (Å²) in [4.78, 5) is -0.863. The van der Waals surface area contributed by atoms with E-state index in [2.05, 4.69) is 20.5 Å². The van der Waals surface area contributed by atoms with Gasteiger partial charge in [0.1, 0.15) is 27.7 Å². The predicted octanol–water partition coefficient (Wildman–Crippen LogP) is 7.02. The number of fused-ring (bicyclic) bond motifs is 2. The standard InChI is InChI=1S/C26H18N4O7S2/c31-24-15-19(38(32,33)34)14-17-13-18(10-11-20(17)24)27-28-22-7-3-4-8-23(22)29-30-26-21-6-2-1-5-16(21)9-12-25(26)39(35,36)37/h1-15,31H,(H,32,33,34)(H,35,36,37). The van der Waals surface area contributed by atoms with Gasteiger partial charge in [-0.2, -0.15) is 21.9 Å². The van der Waals surface area contributed by atoms with Crippen molar-refractivity contribution in [3.63, 3.8) is 0 Å². The van der Waals surface area contributed by atoms with Gasteiger partial charge >= 0.3 is 0 Å². The van der Waals surface area contributed by atoms with Crippen LogP contribution in [0.3, 0.4) is 0 Å². The topological polar surface area (TPSA) is 178 Å². The molecule has 0 aliphatic rings. The Morgan fingerprint density at radius 1 is 0.564 bits per heavy atom. The first-order chi connectivity index (χ1) is 18.5. The number of azo groups is 2. The maximum Gasteiger partial charge on any atom is 0.296 e. The molecule has 0 atom stereocenters. The molecule has 39 heavy (non-hydrogen) atoms. The van der Waals surface area contributed by atoms with Crippen LogP contribution in [0.1, 0.15) is 0 Å². The summed E-state index contributed by atoms with van der Waals surface area (Å²) in [5, 5.41) is 28.6. The van der Waals surface area contributed by atoms with Gasteiger partial charge in [-0.3, -0.25) is 9.11 Å². The van der Waals surface area contributed by atoms with E-state index in [1.807, 2.05) is 0 Å². The predicted molar refractivity (Wildman–Crippen MR) is 144 cm³/mol. The van der Waals surface area contributed by atoms with Crippen molar-refractivity contribution >= 4 is 64.5 Å². The molecular formula is C26H18N4O7S2. The summed E-state index contributed by atoms with van der Waals surface area (Å²) in [6.07, 6.45) is 0. The lowest BCUT2D eigenvalue weighted by Crippen LogP contribution is -1.98. The number of phenols is 1. The largest absolute Gasteiger partial charge is 0.507 e. The van der Waals surface area contributed by atoms with Gasteiger partial charge in [0.25, 0.3) is 20.2 Å². The van der Waals surface area contributed by atoms with Gasteiger partial charge in [0.2, 0.25) is 0 Å². The third-order valence-corrected chi connectivity index (χ3v) is 7.46. The van der Waals surface area contributed by atoms with Crippen molar-refractivity contribution < 1.29 is 31.0 Å². The van der Waals surface area contributed by atoms with Crippen LogP contribution >= 0.6 is 0 Å². The maximum atomic E-state index is 12.0. The van der Waals surface area contributed by atoms with E-state index in [0.717, 1.165) is 6.07 Å². The van der Waals surface area contributed by atoms with Gasteiger partial charge in [-0.25, -0.2) is 0 Å². The minimum atomic E-state index is -4.59. The van der Waals surface area contributed by atoms with Crippen molar-refractivity contribution in [3.8, 4) is 5.75 Å². The minimum absolute atomic E-state index is 0.0358. The number of nitrogens with zero attached hydrogens (tertiary/aromatic N) is 4. The molecular weight excluding hydrogens is 544 g/mol. The highest BCUT2D eigenvalue weighted by Crippen LogP contribution is 2.37. The molecule has 0 fully saturated rings. The van der Waals surface area contributed by atoms with E-state index < -0.39 is 30.0 Å². The molecule has 5 aromatic carbocycles. The van der Waals surface area contributed by atoms with Crippen LogP contribution in [0.25, 0.3) is 21.5 Å². The lowest BCUT2D eigenvalue weighted by atomic mass is 10.1. The van der Waals surface area contributed by atoms with Crippen LogP contribution in [0.15, 0.2) is 121 Å². The molecule has 11 nitrogen and oxygen atoms in total. The molecule has 0 saturated carbocycles. The second-order valence-electron chi connectivity index (χ2n) is 8.32. The van der Waals surface area contributed by atoms with Crippen LogP contribution in [0.5, 0.6) is 5.75 Å². The van der Waals surface area contributed by atoms with Crippen LogP contribution in [0.4, 0.5) is 22.7 Å². The van der Waals surface area contributed by atoms with E-state index in [4.69, 9.17) is 0 Å². The highest BCUT2D eigenvalue weighted by atomic mass is 32.2. The number of rotatable bonds is 6. The molecule has 0 aliphatic carbocycles. The van der Waals surface area contributed by atoms with Crippen molar-refractivity contribution in [1.29, 1.82) is 0 Å². The molecule has 0 aromatic heterocycles. The molecule has 0 amide bonds. The van der Waals surface area contributed by atoms with Crippen molar-refractivity contribution in [3.05, 3.63) is 91.0 Å². The lowest BCUT2D eigenvalue weighted by molar-refractivity contribution is 0.471. The Morgan fingerprint density at radius 3 is 1.92 bits per heavy atom. The van der Waals surface area contributed by atoms with Gasteiger partial charge in [0.15, 0.2) is 0 Å². The fraction of sp³-hybridized carbons (Fsp3) is 0. The van der Waals surface area contributed by atoms with Gasteiger partial charge < -0.3 is 5.11 Å². The number of phenolic OH excluding ortho intramolecular Hbond substituents is 1. The molecule has 0 spiro atoms. The first kappa shape index (κ1) is 26.1. The summed E-state index contributed by atoms with van der Waals surface area (Å²) >= 11 is 0. The first-order valence-electron chi connectivity index (χ1n) is 11.2. The minimum Gasteiger partial charge on any atom is -0.507 e. The Morgan fingerprint density at radius 2 is 1.23 bits per heavy atom. The Labute approximate surface area is 222 Å². The van der Waals surface area contributed by atoms with E-state index in [1.165, 1.54) is 24.3 Å². The molecule has 0 heterocycles. The normalized spacial score (nSPS) is 12.7. The fourth-order valence-corrected chi connectivity index (χ4v) is 5.09. The molecule has 196 valence electrons. The van der Waals surface area contributed by atoms with Crippen LogP contribution in [0.2, 0.25) is 0 Å².